The Labute approximate surface area is 236 Å². The first-order valence-corrected chi connectivity index (χ1v) is 15.1. The van der Waals surface area contributed by atoms with E-state index >= 15 is 0 Å². The molecule has 0 spiro atoms. The number of unbranched alkanes of at least 4 members (excludes halogenated alkanes) is 14. The highest BCUT2D eigenvalue weighted by Gasteiger charge is 2.19. The van der Waals surface area contributed by atoms with Crippen LogP contribution in [0.4, 0.5) is 0 Å². The number of carboxylic acid groups (broad SMARTS) is 1. The zero-order valence-corrected chi connectivity index (χ0v) is 24.5. The van der Waals surface area contributed by atoms with E-state index < -0.39 is 23.9 Å². The summed E-state index contributed by atoms with van der Waals surface area (Å²) < 4.78 is 4.67. The van der Waals surface area contributed by atoms with Crippen molar-refractivity contribution >= 4 is 17.9 Å². The van der Waals surface area contributed by atoms with Crippen LogP contribution in [0.25, 0.3) is 0 Å². The Morgan fingerprint density at radius 2 is 1.05 bits per heavy atom. The van der Waals surface area contributed by atoms with Gasteiger partial charge >= 0.3 is 17.9 Å². The van der Waals surface area contributed by atoms with Gasteiger partial charge in [-0.25, -0.2) is 4.79 Å². The second-order valence-corrected chi connectivity index (χ2v) is 10.0. The number of hydrogen-bond donors (Lipinski definition) is 5. The quantitative estimate of drug-likeness (QED) is 0.0594. The molecule has 0 fully saturated rings. The summed E-state index contributed by atoms with van der Waals surface area (Å²) in [5.74, 6) is -2.44. The van der Waals surface area contributed by atoms with Gasteiger partial charge in [-0.15, -0.1) is 0 Å². The molecule has 0 aliphatic carbocycles. The van der Waals surface area contributed by atoms with Crippen LogP contribution in [0.1, 0.15) is 122 Å². The average molecular weight is 563 g/mol. The number of aliphatic hydroxyl groups excluding tert-OH is 3. The molecule has 0 heterocycles. The monoisotopic (exact) mass is 562 g/mol. The minimum absolute atomic E-state index is 0.0274. The van der Waals surface area contributed by atoms with E-state index in [1.807, 2.05) is 0 Å². The van der Waals surface area contributed by atoms with Crippen molar-refractivity contribution in [1.82, 2.24) is 4.90 Å². The number of aliphatic hydroxyl groups is 3. The van der Waals surface area contributed by atoms with Crippen LogP contribution in [0.2, 0.25) is 0 Å². The topological polar surface area (TPSA) is 171 Å². The summed E-state index contributed by atoms with van der Waals surface area (Å²) in [6.07, 6.45) is 18.7. The molecule has 0 unspecified atom stereocenters. The van der Waals surface area contributed by atoms with Gasteiger partial charge in [-0.1, -0.05) is 96.8 Å². The SMILES string of the molecule is CCCCCCCCCCCCCCCCCC(=O)OC(=O)[C@@H](N)CCC(=O)O.OCCN(CCO)CCO. The minimum atomic E-state index is -1.06. The third-order valence-electron chi connectivity index (χ3n) is 6.42. The Morgan fingerprint density at radius 1 is 0.667 bits per heavy atom. The predicted octanol–water partition coefficient (Wildman–Crippen LogP) is 3.78. The van der Waals surface area contributed by atoms with Crippen molar-refractivity contribution < 1.29 is 39.5 Å². The fourth-order valence-corrected chi connectivity index (χ4v) is 4.04. The molecule has 0 radical (unpaired) electrons. The number of nitrogens with zero attached hydrogens (tertiary/aromatic N) is 1. The lowest BCUT2D eigenvalue weighted by molar-refractivity contribution is -0.160. The number of carbonyl (C=O) groups is 3. The van der Waals surface area contributed by atoms with Gasteiger partial charge in [-0.05, 0) is 12.8 Å². The van der Waals surface area contributed by atoms with E-state index in [9.17, 15) is 14.4 Å². The molecule has 0 bridgehead atoms. The van der Waals surface area contributed by atoms with Gasteiger partial charge in [0.2, 0.25) is 0 Å². The second kappa shape index (κ2) is 30.9. The fourth-order valence-electron chi connectivity index (χ4n) is 4.04. The first-order valence-electron chi connectivity index (χ1n) is 15.1. The molecule has 0 aromatic rings. The summed E-state index contributed by atoms with van der Waals surface area (Å²) in [5.41, 5.74) is 5.51. The fraction of sp³-hybridized carbons (Fsp3) is 0.897. The molecule has 0 saturated heterocycles. The van der Waals surface area contributed by atoms with Crippen LogP contribution in [0.5, 0.6) is 0 Å². The molecule has 1 atom stereocenters. The van der Waals surface area contributed by atoms with E-state index in [-0.39, 0.29) is 39.1 Å². The molecule has 232 valence electrons. The van der Waals surface area contributed by atoms with E-state index in [1.54, 1.807) is 4.90 Å². The van der Waals surface area contributed by atoms with Gasteiger partial charge in [0.15, 0.2) is 0 Å². The lowest BCUT2D eigenvalue weighted by Gasteiger charge is -2.17. The molecule has 6 N–H and O–H groups in total. The third kappa shape index (κ3) is 30.8. The third-order valence-corrected chi connectivity index (χ3v) is 6.42. The number of carboxylic acids is 1. The van der Waals surface area contributed by atoms with Crippen molar-refractivity contribution in [1.29, 1.82) is 0 Å². The van der Waals surface area contributed by atoms with Crippen molar-refractivity contribution in [3.8, 4) is 0 Å². The van der Waals surface area contributed by atoms with E-state index in [1.165, 1.54) is 77.0 Å². The van der Waals surface area contributed by atoms with Crippen molar-refractivity contribution in [3.63, 3.8) is 0 Å². The standard InChI is InChI=1S/C23H43NO5.C6H15NO3/c1-2-3-4-5-6-7-8-9-10-11-12-13-14-15-16-17-22(27)29-23(28)20(24)18-19-21(25)26;8-4-1-7(2-5-9)3-6-10/h20H,2-19,24H2,1H3,(H,25,26);8-10H,1-6H2/t20-;/m0./s1. The molecular formula is C29H58N2O8. The first kappa shape index (κ1) is 39.6. The highest BCUT2D eigenvalue weighted by molar-refractivity contribution is 5.88. The van der Waals surface area contributed by atoms with Gasteiger partial charge in [-0.2, -0.15) is 0 Å². The zero-order chi connectivity index (χ0) is 29.6. The summed E-state index contributed by atoms with van der Waals surface area (Å²) in [7, 11) is 0. The van der Waals surface area contributed by atoms with Crippen molar-refractivity contribution in [2.45, 2.75) is 129 Å². The van der Waals surface area contributed by atoms with Crippen molar-refractivity contribution in [2.24, 2.45) is 5.73 Å². The highest BCUT2D eigenvalue weighted by atomic mass is 16.6. The van der Waals surface area contributed by atoms with Crippen LogP contribution in [0.3, 0.4) is 0 Å². The first-order chi connectivity index (χ1) is 18.8. The van der Waals surface area contributed by atoms with Crippen LogP contribution in [-0.4, -0.2) is 88.7 Å². The molecule has 0 saturated carbocycles. The van der Waals surface area contributed by atoms with Crippen molar-refractivity contribution in [2.75, 3.05) is 39.5 Å². The van der Waals surface area contributed by atoms with Crippen LogP contribution in [0.15, 0.2) is 0 Å². The Bertz CT molecular complexity index is 563. The van der Waals surface area contributed by atoms with Gasteiger partial charge in [0.1, 0.15) is 6.04 Å². The van der Waals surface area contributed by atoms with Crippen LogP contribution in [-0.2, 0) is 19.1 Å². The maximum Gasteiger partial charge on any atom is 0.330 e. The molecular weight excluding hydrogens is 504 g/mol. The maximum absolute atomic E-state index is 11.6. The molecule has 10 heteroatoms. The van der Waals surface area contributed by atoms with Crippen LogP contribution < -0.4 is 5.73 Å². The predicted molar refractivity (Wildman–Crippen MR) is 153 cm³/mol. The molecule has 39 heavy (non-hydrogen) atoms. The number of hydrogen-bond acceptors (Lipinski definition) is 9. The summed E-state index contributed by atoms with van der Waals surface area (Å²) in [6, 6.07) is -1.06. The average Bonchev–Trinajstić information content (AvgIpc) is 2.90. The van der Waals surface area contributed by atoms with Crippen molar-refractivity contribution in [3.05, 3.63) is 0 Å². The van der Waals surface area contributed by atoms with Gasteiger partial charge in [0.25, 0.3) is 0 Å². The Hall–Kier alpha value is -1.59. The van der Waals surface area contributed by atoms with E-state index in [4.69, 9.17) is 26.2 Å². The second-order valence-electron chi connectivity index (χ2n) is 10.0. The lowest BCUT2D eigenvalue weighted by Crippen LogP contribution is -2.34. The summed E-state index contributed by atoms with van der Waals surface area (Å²) in [5, 5.41) is 34.0. The highest BCUT2D eigenvalue weighted by Crippen LogP contribution is 2.14. The largest absolute Gasteiger partial charge is 0.481 e. The molecule has 0 amide bonds. The number of esters is 2. The number of rotatable bonds is 26. The van der Waals surface area contributed by atoms with E-state index in [0.717, 1.165) is 12.8 Å². The summed E-state index contributed by atoms with van der Waals surface area (Å²) in [4.78, 5) is 35.4. The van der Waals surface area contributed by atoms with Gasteiger partial charge in [0, 0.05) is 32.5 Å². The number of aliphatic carboxylic acids is 1. The normalized spacial score (nSPS) is 11.6. The molecule has 0 aliphatic rings. The number of ether oxygens (including phenoxy) is 1. The molecule has 0 aromatic heterocycles. The van der Waals surface area contributed by atoms with Crippen LogP contribution >= 0.6 is 0 Å². The van der Waals surface area contributed by atoms with Gasteiger partial charge in [-0.3, -0.25) is 14.5 Å². The van der Waals surface area contributed by atoms with Gasteiger partial charge in [0.05, 0.1) is 19.8 Å². The zero-order valence-electron chi connectivity index (χ0n) is 24.5. The molecule has 0 aromatic carbocycles. The molecule has 0 aliphatic heterocycles. The Kier molecular flexibility index (Phi) is 31.4. The smallest absolute Gasteiger partial charge is 0.330 e. The summed E-state index contributed by atoms with van der Waals surface area (Å²) >= 11 is 0. The minimum Gasteiger partial charge on any atom is -0.481 e. The Morgan fingerprint density at radius 3 is 1.41 bits per heavy atom. The number of carbonyl (C=O) groups excluding carboxylic acids is 2. The summed E-state index contributed by atoms with van der Waals surface area (Å²) in [6.45, 7) is 4.01. The maximum atomic E-state index is 11.6. The molecule has 0 rings (SSSR count). The lowest BCUT2D eigenvalue weighted by atomic mass is 10.0. The van der Waals surface area contributed by atoms with E-state index in [0.29, 0.717) is 26.1 Å². The van der Waals surface area contributed by atoms with Crippen LogP contribution in [0, 0.1) is 0 Å². The van der Waals surface area contributed by atoms with Gasteiger partial charge < -0.3 is 30.9 Å². The molecule has 10 nitrogen and oxygen atoms in total. The Balaban J connectivity index is 0. The van der Waals surface area contributed by atoms with E-state index in [2.05, 4.69) is 11.7 Å². The number of nitrogens with two attached hydrogens (primary N) is 1.